The van der Waals surface area contributed by atoms with Crippen molar-refractivity contribution in [2.45, 2.75) is 24.8 Å². The molecule has 96 valence electrons. The van der Waals surface area contributed by atoms with E-state index in [2.05, 4.69) is 20.7 Å². The van der Waals surface area contributed by atoms with Crippen LogP contribution in [0.1, 0.15) is 13.8 Å². The molecule has 1 rings (SSSR count). The third-order valence-electron chi connectivity index (χ3n) is 2.49. The molecule has 0 bridgehead atoms. The summed E-state index contributed by atoms with van der Waals surface area (Å²) in [5, 5.41) is 0. The Labute approximate surface area is 111 Å². The fourth-order valence-corrected chi connectivity index (χ4v) is 2.48. The summed E-state index contributed by atoms with van der Waals surface area (Å²) in [6.45, 7) is 4.16. The summed E-state index contributed by atoms with van der Waals surface area (Å²) in [5.74, 6) is 0.239. The molecule has 0 aromatic heterocycles. The Morgan fingerprint density at radius 2 is 1.82 bits per heavy atom. The summed E-state index contributed by atoms with van der Waals surface area (Å²) < 4.78 is 27.1. The predicted octanol–water partition coefficient (Wildman–Crippen LogP) is 1.71. The van der Waals surface area contributed by atoms with Gasteiger partial charge in [0.2, 0.25) is 10.0 Å². The maximum Gasteiger partial charge on any atom is 0.240 e. The fourth-order valence-electron chi connectivity index (χ4n) is 1.14. The van der Waals surface area contributed by atoms with Crippen LogP contribution in [-0.4, -0.2) is 21.0 Å². The Morgan fingerprint density at radius 1 is 1.29 bits per heavy atom. The largest absolute Gasteiger partial charge is 0.326 e. The van der Waals surface area contributed by atoms with E-state index in [0.717, 1.165) is 4.47 Å². The Balaban J connectivity index is 2.72. The van der Waals surface area contributed by atoms with Crippen molar-refractivity contribution < 1.29 is 8.42 Å². The topological polar surface area (TPSA) is 72.2 Å². The van der Waals surface area contributed by atoms with E-state index in [4.69, 9.17) is 5.73 Å². The minimum Gasteiger partial charge on any atom is -0.326 e. The summed E-state index contributed by atoms with van der Waals surface area (Å²) in [7, 11) is -3.46. The lowest BCUT2D eigenvalue weighted by molar-refractivity contribution is 0.481. The van der Waals surface area contributed by atoms with Crippen molar-refractivity contribution in [2.75, 3.05) is 6.54 Å². The highest BCUT2D eigenvalue weighted by molar-refractivity contribution is 9.10. The van der Waals surface area contributed by atoms with Crippen LogP contribution in [0.4, 0.5) is 0 Å². The van der Waals surface area contributed by atoms with E-state index < -0.39 is 10.0 Å². The standard InChI is InChI=1S/C11H17BrN2O2S/c1-8(2)11(13)7-14-17(15,16)10-5-3-9(12)4-6-10/h3-6,8,11,14H,7,13H2,1-2H3. The molecule has 0 fully saturated rings. The zero-order valence-electron chi connectivity index (χ0n) is 9.85. The van der Waals surface area contributed by atoms with Gasteiger partial charge < -0.3 is 5.73 Å². The second kappa shape index (κ2) is 5.95. The molecule has 3 N–H and O–H groups in total. The van der Waals surface area contributed by atoms with Crippen LogP contribution in [0.15, 0.2) is 33.6 Å². The quantitative estimate of drug-likeness (QED) is 0.867. The molecule has 6 heteroatoms. The Kier molecular flexibility index (Phi) is 5.12. The van der Waals surface area contributed by atoms with Crippen molar-refractivity contribution in [1.29, 1.82) is 0 Å². The first-order chi connectivity index (χ1) is 7.83. The molecule has 1 atom stereocenters. The van der Waals surface area contributed by atoms with Crippen LogP contribution >= 0.6 is 15.9 Å². The lowest BCUT2D eigenvalue weighted by Gasteiger charge is -2.16. The summed E-state index contributed by atoms with van der Waals surface area (Å²) in [4.78, 5) is 0.247. The Hall–Kier alpha value is -0.430. The summed E-state index contributed by atoms with van der Waals surface area (Å²) >= 11 is 3.26. The maximum absolute atomic E-state index is 11.9. The maximum atomic E-state index is 11.9. The summed E-state index contributed by atoms with van der Waals surface area (Å²) in [6.07, 6.45) is 0. The van der Waals surface area contributed by atoms with Gasteiger partial charge in [0, 0.05) is 17.1 Å². The molecule has 0 aliphatic heterocycles. The molecule has 1 unspecified atom stereocenters. The van der Waals surface area contributed by atoms with Crippen LogP contribution in [0, 0.1) is 5.92 Å². The minimum atomic E-state index is -3.46. The highest BCUT2D eigenvalue weighted by Crippen LogP contribution is 2.14. The van der Waals surface area contributed by atoms with Crippen LogP contribution in [0.2, 0.25) is 0 Å². The van der Waals surface area contributed by atoms with E-state index >= 15 is 0 Å². The van der Waals surface area contributed by atoms with Gasteiger partial charge in [0.25, 0.3) is 0 Å². The molecule has 0 aliphatic rings. The number of nitrogens with two attached hydrogens (primary N) is 1. The molecule has 0 spiro atoms. The molecule has 17 heavy (non-hydrogen) atoms. The van der Waals surface area contributed by atoms with Crippen LogP contribution in [0.3, 0.4) is 0 Å². The van der Waals surface area contributed by atoms with Gasteiger partial charge >= 0.3 is 0 Å². The van der Waals surface area contributed by atoms with Gasteiger partial charge in [-0.15, -0.1) is 0 Å². The molecule has 1 aromatic carbocycles. The molecule has 0 saturated carbocycles. The van der Waals surface area contributed by atoms with E-state index in [1.54, 1.807) is 24.3 Å². The Morgan fingerprint density at radius 3 is 2.29 bits per heavy atom. The number of hydrogen-bond acceptors (Lipinski definition) is 3. The smallest absolute Gasteiger partial charge is 0.240 e. The third kappa shape index (κ3) is 4.39. The van der Waals surface area contributed by atoms with Crippen molar-refractivity contribution in [3.63, 3.8) is 0 Å². The van der Waals surface area contributed by atoms with Gasteiger partial charge in [-0.2, -0.15) is 0 Å². The van der Waals surface area contributed by atoms with E-state index in [1.165, 1.54) is 0 Å². The summed E-state index contributed by atoms with van der Waals surface area (Å²) in [6, 6.07) is 6.30. The number of benzene rings is 1. The van der Waals surface area contributed by atoms with E-state index in [0.29, 0.717) is 0 Å². The monoisotopic (exact) mass is 320 g/mol. The fraction of sp³-hybridized carbons (Fsp3) is 0.455. The lowest BCUT2D eigenvalue weighted by Crippen LogP contribution is -2.40. The van der Waals surface area contributed by atoms with E-state index in [-0.39, 0.29) is 23.4 Å². The second-order valence-electron chi connectivity index (χ2n) is 4.21. The van der Waals surface area contributed by atoms with Gasteiger partial charge in [-0.3, -0.25) is 0 Å². The zero-order chi connectivity index (χ0) is 13.1. The van der Waals surface area contributed by atoms with Gasteiger partial charge in [0.05, 0.1) is 4.90 Å². The molecule has 1 aromatic rings. The third-order valence-corrected chi connectivity index (χ3v) is 4.46. The van der Waals surface area contributed by atoms with Crippen molar-refractivity contribution in [3.05, 3.63) is 28.7 Å². The molecular weight excluding hydrogens is 304 g/mol. The van der Waals surface area contributed by atoms with Gasteiger partial charge in [0.1, 0.15) is 0 Å². The molecule has 0 aliphatic carbocycles. The molecule has 0 saturated heterocycles. The van der Waals surface area contributed by atoms with Crippen LogP contribution < -0.4 is 10.5 Å². The highest BCUT2D eigenvalue weighted by Gasteiger charge is 2.16. The number of nitrogens with one attached hydrogen (secondary N) is 1. The van der Waals surface area contributed by atoms with Crippen molar-refractivity contribution in [1.82, 2.24) is 4.72 Å². The predicted molar refractivity (Wildman–Crippen MR) is 72.1 cm³/mol. The molecule has 0 amide bonds. The number of rotatable bonds is 5. The van der Waals surface area contributed by atoms with E-state index in [1.807, 2.05) is 13.8 Å². The SMILES string of the molecule is CC(C)C(N)CNS(=O)(=O)c1ccc(Br)cc1. The summed E-state index contributed by atoms with van der Waals surface area (Å²) in [5.41, 5.74) is 5.79. The second-order valence-corrected chi connectivity index (χ2v) is 6.90. The normalized spacial score (nSPS) is 13.9. The van der Waals surface area contributed by atoms with Gasteiger partial charge in [-0.05, 0) is 30.2 Å². The van der Waals surface area contributed by atoms with Crippen LogP contribution in [-0.2, 0) is 10.0 Å². The molecule has 4 nitrogen and oxygen atoms in total. The number of sulfonamides is 1. The molecule has 0 radical (unpaired) electrons. The molecular formula is C11H17BrN2O2S. The first-order valence-electron chi connectivity index (χ1n) is 5.34. The van der Waals surface area contributed by atoms with Crippen LogP contribution in [0.5, 0.6) is 0 Å². The first kappa shape index (κ1) is 14.6. The first-order valence-corrected chi connectivity index (χ1v) is 7.61. The van der Waals surface area contributed by atoms with Crippen molar-refractivity contribution >= 4 is 26.0 Å². The zero-order valence-corrected chi connectivity index (χ0v) is 12.3. The van der Waals surface area contributed by atoms with Gasteiger partial charge in [-0.1, -0.05) is 29.8 Å². The minimum absolute atomic E-state index is 0.180. The lowest BCUT2D eigenvalue weighted by atomic mass is 10.1. The number of hydrogen-bond donors (Lipinski definition) is 2. The number of halogens is 1. The highest BCUT2D eigenvalue weighted by atomic mass is 79.9. The molecule has 0 heterocycles. The average molecular weight is 321 g/mol. The van der Waals surface area contributed by atoms with Crippen LogP contribution in [0.25, 0.3) is 0 Å². The van der Waals surface area contributed by atoms with Crippen molar-refractivity contribution in [3.8, 4) is 0 Å². The van der Waals surface area contributed by atoms with Gasteiger partial charge in [-0.25, -0.2) is 13.1 Å². The van der Waals surface area contributed by atoms with Crippen molar-refractivity contribution in [2.24, 2.45) is 11.7 Å². The Bertz CT molecular complexity index is 457. The average Bonchev–Trinajstić information content (AvgIpc) is 2.26. The van der Waals surface area contributed by atoms with E-state index in [9.17, 15) is 8.42 Å². The van der Waals surface area contributed by atoms with Gasteiger partial charge in [0.15, 0.2) is 0 Å².